The number of pyridine rings is 1. The average Bonchev–Trinajstić information content (AvgIpc) is 2.66. The zero-order valence-electron chi connectivity index (χ0n) is 14.2. The largest absolute Gasteiger partial charge is 0.480 e. The Kier molecular flexibility index (Phi) is 5.28. The molecule has 8 nitrogen and oxygen atoms in total. The molecule has 0 bridgehead atoms. The minimum Gasteiger partial charge on any atom is -0.480 e. The van der Waals surface area contributed by atoms with Crippen molar-refractivity contribution in [2.75, 3.05) is 25.6 Å². The number of benzene rings is 1. The Bertz CT molecular complexity index is 1040. The highest BCUT2D eigenvalue weighted by molar-refractivity contribution is 5.83. The third-order valence-electron chi connectivity index (χ3n) is 3.83. The number of ether oxygens (including phenoxy) is 1. The van der Waals surface area contributed by atoms with Crippen LogP contribution in [0.5, 0.6) is 5.88 Å². The van der Waals surface area contributed by atoms with E-state index in [0.29, 0.717) is 11.5 Å². The Morgan fingerprint density at radius 1 is 1.19 bits per heavy atom. The lowest BCUT2D eigenvalue weighted by molar-refractivity contribution is 0.203. The molecule has 0 atom stereocenters. The summed E-state index contributed by atoms with van der Waals surface area (Å²) in [6.45, 7) is -0.789. The van der Waals surface area contributed by atoms with E-state index in [1.165, 1.54) is 19.2 Å². The molecule has 0 aliphatic rings. The molecule has 0 radical (unpaired) electrons. The van der Waals surface area contributed by atoms with Crippen LogP contribution in [-0.2, 0) is 0 Å². The van der Waals surface area contributed by atoms with Gasteiger partial charge in [0.1, 0.15) is 11.6 Å². The van der Waals surface area contributed by atoms with Crippen molar-refractivity contribution in [2.45, 2.75) is 6.04 Å². The molecule has 3 rings (SSSR count). The number of fused-ring (bicyclic) bond motifs is 1. The summed E-state index contributed by atoms with van der Waals surface area (Å²) in [4.78, 5) is 20.7. The minimum absolute atomic E-state index is 0.0111. The van der Waals surface area contributed by atoms with Crippen molar-refractivity contribution < 1.29 is 23.7 Å². The van der Waals surface area contributed by atoms with Crippen LogP contribution in [0.4, 0.5) is 14.7 Å². The fourth-order valence-corrected chi connectivity index (χ4v) is 2.53. The molecule has 0 spiro atoms. The quantitative estimate of drug-likeness (QED) is 0.583. The van der Waals surface area contributed by atoms with Crippen molar-refractivity contribution in [1.29, 1.82) is 0 Å². The van der Waals surface area contributed by atoms with Crippen molar-refractivity contribution in [3.8, 4) is 11.6 Å². The van der Waals surface area contributed by atoms with Crippen LogP contribution in [0, 0.1) is 11.6 Å². The van der Waals surface area contributed by atoms with Gasteiger partial charge in [-0.05, 0) is 18.2 Å². The molecule has 0 saturated carbocycles. The third-order valence-corrected chi connectivity index (χ3v) is 3.83. The molecule has 2 aromatic heterocycles. The van der Waals surface area contributed by atoms with Crippen molar-refractivity contribution >= 4 is 17.0 Å². The molecule has 0 saturated heterocycles. The number of aliphatic hydroxyl groups excluding tert-OH is 2. The number of nitrogens with zero attached hydrogens (tertiary/aromatic N) is 3. The number of hydrogen-bond acceptors (Lipinski definition) is 7. The number of rotatable bonds is 6. The number of anilines is 1. The highest BCUT2D eigenvalue weighted by atomic mass is 19.1. The van der Waals surface area contributed by atoms with Crippen LogP contribution in [0.1, 0.15) is 0 Å². The number of aliphatic hydroxyl groups is 2. The topological polar surface area (TPSA) is 110 Å². The van der Waals surface area contributed by atoms with Gasteiger partial charge in [-0.15, -0.1) is 0 Å². The molecule has 3 N–H and O–H groups in total. The summed E-state index contributed by atoms with van der Waals surface area (Å²) in [7, 11) is 1.36. The average molecular weight is 378 g/mol. The first-order valence-corrected chi connectivity index (χ1v) is 7.90. The molecule has 0 amide bonds. The fraction of sp³-hybridized carbons (Fsp3) is 0.235. The Morgan fingerprint density at radius 3 is 2.56 bits per heavy atom. The molecule has 0 aliphatic carbocycles. The van der Waals surface area contributed by atoms with Gasteiger partial charge in [0.25, 0.3) is 5.56 Å². The minimum atomic E-state index is -0.944. The predicted octanol–water partition coefficient (Wildman–Crippen LogP) is 0.833. The zero-order valence-corrected chi connectivity index (χ0v) is 14.2. The Hall–Kier alpha value is -3.11. The molecule has 1 aromatic carbocycles. The van der Waals surface area contributed by atoms with E-state index in [1.54, 1.807) is 0 Å². The Morgan fingerprint density at radius 2 is 1.93 bits per heavy atom. The lowest BCUT2D eigenvalue weighted by Gasteiger charge is -2.16. The summed E-state index contributed by atoms with van der Waals surface area (Å²) in [5.74, 6) is -1.68. The molecule has 27 heavy (non-hydrogen) atoms. The SMILES string of the molecule is COc1nc(NC(CO)CO)nc2c1ccc(=O)n2-c1ccc(F)cc1F. The maximum atomic E-state index is 14.3. The summed E-state index contributed by atoms with van der Waals surface area (Å²) < 4.78 is 33.7. The zero-order chi connectivity index (χ0) is 19.6. The van der Waals surface area contributed by atoms with Gasteiger partial charge in [0.05, 0.1) is 37.4 Å². The third kappa shape index (κ3) is 3.57. The van der Waals surface area contributed by atoms with Crippen LogP contribution >= 0.6 is 0 Å². The predicted molar refractivity (Wildman–Crippen MR) is 93.2 cm³/mol. The second-order valence-corrected chi connectivity index (χ2v) is 5.60. The van der Waals surface area contributed by atoms with Crippen molar-refractivity contribution in [3.05, 3.63) is 52.3 Å². The van der Waals surface area contributed by atoms with Crippen LogP contribution in [0.2, 0.25) is 0 Å². The van der Waals surface area contributed by atoms with E-state index in [2.05, 4.69) is 15.3 Å². The van der Waals surface area contributed by atoms with Crippen molar-refractivity contribution in [3.63, 3.8) is 0 Å². The molecule has 2 heterocycles. The first-order chi connectivity index (χ1) is 13.0. The maximum Gasteiger partial charge on any atom is 0.256 e. The monoisotopic (exact) mass is 378 g/mol. The van der Waals surface area contributed by atoms with E-state index in [-0.39, 0.29) is 23.2 Å². The summed E-state index contributed by atoms with van der Waals surface area (Å²) in [5, 5.41) is 21.4. The highest BCUT2D eigenvalue weighted by Crippen LogP contribution is 2.25. The van der Waals surface area contributed by atoms with Crippen LogP contribution in [0.15, 0.2) is 35.1 Å². The highest BCUT2D eigenvalue weighted by Gasteiger charge is 2.18. The van der Waals surface area contributed by atoms with E-state index in [0.717, 1.165) is 16.7 Å². The molecule has 142 valence electrons. The van der Waals surface area contributed by atoms with E-state index >= 15 is 0 Å². The second-order valence-electron chi connectivity index (χ2n) is 5.60. The normalized spacial score (nSPS) is 11.2. The number of hydrogen-bond donors (Lipinski definition) is 3. The fourth-order valence-electron chi connectivity index (χ4n) is 2.53. The molecule has 0 unspecified atom stereocenters. The van der Waals surface area contributed by atoms with Gasteiger partial charge >= 0.3 is 0 Å². The van der Waals surface area contributed by atoms with Crippen LogP contribution in [0.3, 0.4) is 0 Å². The number of nitrogens with one attached hydrogen (secondary N) is 1. The van der Waals surface area contributed by atoms with E-state index in [1.807, 2.05) is 0 Å². The van der Waals surface area contributed by atoms with Gasteiger partial charge in [-0.1, -0.05) is 0 Å². The van der Waals surface area contributed by atoms with Crippen LogP contribution in [-0.4, -0.2) is 51.1 Å². The van der Waals surface area contributed by atoms with Gasteiger partial charge in [-0.2, -0.15) is 9.97 Å². The Labute approximate surface area is 151 Å². The van der Waals surface area contributed by atoms with Crippen molar-refractivity contribution in [1.82, 2.24) is 14.5 Å². The molecular weight excluding hydrogens is 362 g/mol. The van der Waals surface area contributed by atoms with Gasteiger partial charge in [0, 0.05) is 12.1 Å². The van der Waals surface area contributed by atoms with Gasteiger partial charge in [-0.3, -0.25) is 9.36 Å². The standard InChI is InChI=1S/C17H16F2N4O4/c1-27-16-11-3-5-14(26)23(13-4-2-9(18)6-12(13)19)15(11)21-17(22-16)20-10(7-24)8-25/h2-6,10,24-25H,7-8H2,1H3,(H,20,21,22). The van der Waals surface area contributed by atoms with Gasteiger partial charge < -0.3 is 20.3 Å². The molecule has 0 fully saturated rings. The van der Waals surface area contributed by atoms with Gasteiger partial charge in [0.15, 0.2) is 5.65 Å². The van der Waals surface area contributed by atoms with Crippen LogP contribution < -0.4 is 15.6 Å². The molecule has 3 aromatic rings. The van der Waals surface area contributed by atoms with Crippen LogP contribution in [0.25, 0.3) is 16.7 Å². The van der Waals surface area contributed by atoms with E-state index in [9.17, 15) is 23.8 Å². The smallest absolute Gasteiger partial charge is 0.256 e. The molecular formula is C17H16F2N4O4. The maximum absolute atomic E-state index is 14.3. The lowest BCUT2D eigenvalue weighted by atomic mass is 10.2. The molecule has 10 heteroatoms. The Balaban J connectivity index is 2.29. The van der Waals surface area contributed by atoms with E-state index in [4.69, 9.17) is 4.74 Å². The summed E-state index contributed by atoms with van der Waals surface area (Å²) in [5.41, 5.74) is -0.780. The summed E-state index contributed by atoms with van der Waals surface area (Å²) >= 11 is 0. The van der Waals surface area contributed by atoms with Gasteiger partial charge in [0.2, 0.25) is 11.8 Å². The summed E-state index contributed by atoms with van der Waals surface area (Å²) in [6.07, 6.45) is 0. The molecule has 0 aliphatic heterocycles. The first kappa shape index (κ1) is 18.7. The first-order valence-electron chi connectivity index (χ1n) is 7.90. The number of methoxy groups -OCH3 is 1. The number of halogens is 2. The van der Waals surface area contributed by atoms with Gasteiger partial charge in [-0.25, -0.2) is 8.78 Å². The number of aromatic nitrogens is 3. The second kappa shape index (κ2) is 7.64. The van der Waals surface area contributed by atoms with E-state index < -0.39 is 36.4 Å². The van der Waals surface area contributed by atoms with Crippen molar-refractivity contribution in [2.24, 2.45) is 0 Å². The lowest BCUT2D eigenvalue weighted by Crippen LogP contribution is -2.29. The summed E-state index contributed by atoms with van der Waals surface area (Å²) in [6, 6.07) is 4.67.